The van der Waals surface area contributed by atoms with Crippen LogP contribution < -0.4 is 10.6 Å². The monoisotopic (exact) mass is 383 g/mol. The van der Waals surface area contributed by atoms with Gasteiger partial charge in [0.15, 0.2) is 5.96 Å². The van der Waals surface area contributed by atoms with E-state index in [2.05, 4.69) is 62.9 Å². The minimum atomic E-state index is 0.462. The van der Waals surface area contributed by atoms with Gasteiger partial charge in [-0.05, 0) is 45.6 Å². The highest BCUT2D eigenvalue weighted by Crippen LogP contribution is 2.24. The summed E-state index contributed by atoms with van der Waals surface area (Å²) in [5.41, 5.74) is 3.55. The number of guanidine groups is 1. The summed E-state index contributed by atoms with van der Waals surface area (Å²) in [7, 11) is 1.83. The van der Waals surface area contributed by atoms with Crippen LogP contribution in [-0.4, -0.2) is 48.7 Å². The van der Waals surface area contributed by atoms with Crippen LogP contribution in [0.15, 0.2) is 39.8 Å². The number of nitrogens with one attached hydrogen (secondary N) is 2. The Labute approximate surface area is 168 Å². The van der Waals surface area contributed by atoms with E-state index in [1.54, 1.807) is 0 Å². The fourth-order valence-corrected chi connectivity index (χ4v) is 3.93. The molecule has 1 unspecified atom stereocenters. The van der Waals surface area contributed by atoms with Crippen molar-refractivity contribution in [1.82, 2.24) is 20.7 Å². The molecular formula is C22H33N5O. The molecule has 0 amide bonds. The topological polar surface area (TPSA) is 65.7 Å². The Morgan fingerprint density at radius 3 is 2.57 bits per heavy atom. The van der Waals surface area contributed by atoms with Crippen LogP contribution in [0.4, 0.5) is 0 Å². The molecule has 1 aromatic heterocycles. The molecule has 6 heteroatoms. The number of aliphatic imine (C=N–C) groups is 1. The van der Waals surface area contributed by atoms with Gasteiger partial charge >= 0.3 is 0 Å². The van der Waals surface area contributed by atoms with Crippen LogP contribution in [0.3, 0.4) is 0 Å². The fourth-order valence-electron chi connectivity index (χ4n) is 3.93. The van der Waals surface area contributed by atoms with E-state index in [1.807, 2.05) is 20.9 Å². The molecular weight excluding hydrogens is 350 g/mol. The molecule has 1 aromatic carbocycles. The summed E-state index contributed by atoms with van der Waals surface area (Å²) >= 11 is 0. The van der Waals surface area contributed by atoms with Gasteiger partial charge in [-0.2, -0.15) is 0 Å². The number of hydrogen-bond donors (Lipinski definition) is 2. The van der Waals surface area contributed by atoms with E-state index in [0.717, 1.165) is 56.3 Å². The van der Waals surface area contributed by atoms with Crippen LogP contribution in [-0.2, 0) is 6.42 Å². The summed E-state index contributed by atoms with van der Waals surface area (Å²) in [5.74, 6) is 1.78. The SMILES string of the molecule is CN=C(NCCc1c(C)noc1C)NC1CCN(C(C)c2ccccc2)CC1. The van der Waals surface area contributed by atoms with Crippen molar-refractivity contribution in [2.45, 2.75) is 52.1 Å². The molecule has 1 aliphatic rings. The zero-order valence-electron chi connectivity index (χ0n) is 17.5. The number of rotatable bonds is 6. The van der Waals surface area contributed by atoms with Crippen molar-refractivity contribution in [2.24, 2.45) is 4.99 Å². The van der Waals surface area contributed by atoms with Gasteiger partial charge in [0.25, 0.3) is 0 Å². The number of aryl methyl sites for hydroxylation is 2. The van der Waals surface area contributed by atoms with Gasteiger partial charge in [-0.1, -0.05) is 35.5 Å². The van der Waals surface area contributed by atoms with Crippen molar-refractivity contribution in [3.05, 3.63) is 52.9 Å². The maximum absolute atomic E-state index is 5.23. The summed E-state index contributed by atoms with van der Waals surface area (Å²) < 4.78 is 5.23. The summed E-state index contributed by atoms with van der Waals surface area (Å²) in [6, 6.07) is 11.7. The second-order valence-electron chi connectivity index (χ2n) is 7.59. The minimum Gasteiger partial charge on any atom is -0.361 e. The van der Waals surface area contributed by atoms with E-state index in [9.17, 15) is 0 Å². The maximum Gasteiger partial charge on any atom is 0.191 e. The van der Waals surface area contributed by atoms with Crippen molar-refractivity contribution < 1.29 is 4.52 Å². The fraction of sp³-hybridized carbons (Fsp3) is 0.545. The van der Waals surface area contributed by atoms with Gasteiger partial charge in [-0.3, -0.25) is 9.89 Å². The zero-order chi connectivity index (χ0) is 19.9. The minimum absolute atomic E-state index is 0.462. The summed E-state index contributed by atoms with van der Waals surface area (Å²) in [6.07, 6.45) is 3.14. The Balaban J connectivity index is 1.43. The summed E-state index contributed by atoms with van der Waals surface area (Å²) in [4.78, 5) is 6.96. The molecule has 0 bridgehead atoms. The molecule has 1 atom stereocenters. The molecule has 2 aromatic rings. The molecule has 0 spiro atoms. The molecule has 6 nitrogen and oxygen atoms in total. The Kier molecular flexibility index (Phi) is 7.09. The molecule has 2 N–H and O–H groups in total. The highest BCUT2D eigenvalue weighted by atomic mass is 16.5. The molecule has 1 fully saturated rings. The van der Waals surface area contributed by atoms with Gasteiger partial charge < -0.3 is 15.2 Å². The third-order valence-corrected chi connectivity index (χ3v) is 5.77. The third kappa shape index (κ3) is 5.13. The van der Waals surface area contributed by atoms with Crippen LogP contribution >= 0.6 is 0 Å². The number of aromatic nitrogens is 1. The first kappa shape index (κ1) is 20.4. The van der Waals surface area contributed by atoms with Crippen LogP contribution in [0.1, 0.15) is 48.4 Å². The summed E-state index contributed by atoms with van der Waals surface area (Å²) in [6.45, 7) is 9.27. The lowest BCUT2D eigenvalue weighted by Gasteiger charge is -2.37. The summed E-state index contributed by atoms with van der Waals surface area (Å²) in [5, 5.41) is 11.0. The van der Waals surface area contributed by atoms with E-state index in [0.29, 0.717) is 12.1 Å². The Morgan fingerprint density at radius 2 is 1.96 bits per heavy atom. The molecule has 152 valence electrons. The molecule has 0 aliphatic carbocycles. The van der Waals surface area contributed by atoms with E-state index < -0.39 is 0 Å². The van der Waals surface area contributed by atoms with Crippen LogP contribution in [0.25, 0.3) is 0 Å². The number of piperidine rings is 1. The van der Waals surface area contributed by atoms with Crippen molar-refractivity contribution in [3.63, 3.8) is 0 Å². The van der Waals surface area contributed by atoms with E-state index in [4.69, 9.17) is 4.52 Å². The van der Waals surface area contributed by atoms with Crippen molar-refractivity contribution in [2.75, 3.05) is 26.7 Å². The predicted molar refractivity (Wildman–Crippen MR) is 114 cm³/mol. The van der Waals surface area contributed by atoms with Crippen LogP contribution in [0.2, 0.25) is 0 Å². The molecule has 1 saturated heterocycles. The molecule has 2 heterocycles. The van der Waals surface area contributed by atoms with E-state index in [-0.39, 0.29) is 0 Å². The average molecular weight is 384 g/mol. The lowest BCUT2D eigenvalue weighted by atomic mass is 10.0. The first-order valence-corrected chi connectivity index (χ1v) is 10.3. The van der Waals surface area contributed by atoms with Crippen molar-refractivity contribution >= 4 is 5.96 Å². The lowest BCUT2D eigenvalue weighted by molar-refractivity contribution is 0.158. The second-order valence-corrected chi connectivity index (χ2v) is 7.59. The normalized spacial score (nSPS) is 17.5. The van der Waals surface area contributed by atoms with Crippen LogP contribution in [0, 0.1) is 13.8 Å². The molecule has 0 saturated carbocycles. The second kappa shape index (κ2) is 9.73. The largest absolute Gasteiger partial charge is 0.361 e. The first-order chi connectivity index (χ1) is 13.6. The smallest absolute Gasteiger partial charge is 0.191 e. The van der Waals surface area contributed by atoms with Gasteiger partial charge in [-0.25, -0.2) is 0 Å². The Hall–Kier alpha value is -2.34. The van der Waals surface area contributed by atoms with Gasteiger partial charge in [0.05, 0.1) is 5.69 Å². The quantitative estimate of drug-likeness (QED) is 0.592. The van der Waals surface area contributed by atoms with Gasteiger partial charge in [-0.15, -0.1) is 0 Å². The molecule has 1 aliphatic heterocycles. The van der Waals surface area contributed by atoms with E-state index >= 15 is 0 Å². The Bertz CT molecular complexity index is 743. The van der Waals surface area contributed by atoms with Crippen molar-refractivity contribution in [1.29, 1.82) is 0 Å². The first-order valence-electron chi connectivity index (χ1n) is 10.3. The predicted octanol–water partition coefficient (Wildman–Crippen LogP) is 3.22. The molecule has 3 rings (SSSR count). The van der Waals surface area contributed by atoms with Crippen molar-refractivity contribution in [3.8, 4) is 0 Å². The highest BCUT2D eigenvalue weighted by molar-refractivity contribution is 5.79. The van der Waals surface area contributed by atoms with Crippen LogP contribution in [0.5, 0.6) is 0 Å². The number of hydrogen-bond acceptors (Lipinski definition) is 4. The number of benzene rings is 1. The zero-order valence-corrected chi connectivity index (χ0v) is 17.5. The van der Waals surface area contributed by atoms with Gasteiger partial charge in [0.1, 0.15) is 5.76 Å². The molecule has 0 radical (unpaired) electrons. The third-order valence-electron chi connectivity index (χ3n) is 5.77. The van der Waals surface area contributed by atoms with Gasteiger partial charge in [0.2, 0.25) is 0 Å². The Morgan fingerprint density at radius 1 is 1.25 bits per heavy atom. The average Bonchev–Trinajstić information content (AvgIpc) is 3.05. The number of likely N-dealkylation sites (tertiary alicyclic amines) is 1. The molecule has 28 heavy (non-hydrogen) atoms. The highest BCUT2D eigenvalue weighted by Gasteiger charge is 2.24. The number of nitrogens with zero attached hydrogens (tertiary/aromatic N) is 3. The lowest BCUT2D eigenvalue weighted by Crippen LogP contribution is -2.49. The van der Waals surface area contributed by atoms with Gasteiger partial charge in [0, 0.05) is 44.3 Å². The maximum atomic E-state index is 5.23. The van der Waals surface area contributed by atoms with E-state index in [1.165, 1.54) is 11.1 Å². The standard InChI is InChI=1S/C22H33N5O/c1-16-21(18(3)28-26-16)10-13-24-22(23-4)25-20-11-14-27(15-12-20)17(2)19-8-6-5-7-9-19/h5-9,17,20H,10-15H2,1-4H3,(H2,23,24,25).